The third-order valence-corrected chi connectivity index (χ3v) is 4.47. The molecule has 0 aromatic rings. The van der Waals surface area contributed by atoms with Crippen LogP contribution in [0.2, 0.25) is 0 Å². The van der Waals surface area contributed by atoms with Gasteiger partial charge in [0.1, 0.15) is 0 Å². The van der Waals surface area contributed by atoms with Crippen LogP contribution in [0, 0.1) is 24.0 Å². The van der Waals surface area contributed by atoms with E-state index < -0.39 is 0 Å². The van der Waals surface area contributed by atoms with Crippen molar-refractivity contribution in [3.05, 3.63) is 45.6 Å². The number of allylic oxidation sites excluding steroid dienone is 8. The van der Waals surface area contributed by atoms with Crippen molar-refractivity contribution in [1.82, 2.24) is 0 Å². The Hall–Kier alpha value is -0.326. The SMILES string of the molecule is CC1=[C-]C(C)C(C)=C1C.CC1=[C-]C(C)C(C)=C1C.[H-].[H-].[Ti+2]. The Balaban J connectivity index is -0.000000270. The van der Waals surface area contributed by atoms with Gasteiger partial charge >= 0.3 is 21.7 Å². The molecule has 0 aliphatic heterocycles. The second-order valence-electron chi connectivity index (χ2n) is 5.60. The summed E-state index contributed by atoms with van der Waals surface area (Å²) in [5.74, 6) is 1.12. The molecule has 0 saturated heterocycles. The van der Waals surface area contributed by atoms with Crippen LogP contribution >= 0.6 is 0 Å². The summed E-state index contributed by atoms with van der Waals surface area (Å²) in [6.07, 6.45) is 6.72. The largest absolute Gasteiger partial charge is 2.00 e. The smallest absolute Gasteiger partial charge is 1.00 e. The topological polar surface area (TPSA) is 0 Å². The van der Waals surface area contributed by atoms with Crippen LogP contribution < -0.4 is 0 Å². The molecule has 2 aliphatic rings. The quantitative estimate of drug-likeness (QED) is 0.399. The van der Waals surface area contributed by atoms with Crippen LogP contribution in [0.5, 0.6) is 0 Å². The van der Waals surface area contributed by atoms with Crippen LogP contribution in [-0.4, -0.2) is 0 Å². The molecule has 0 spiro atoms. The van der Waals surface area contributed by atoms with Gasteiger partial charge in [0.25, 0.3) is 0 Å². The van der Waals surface area contributed by atoms with Crippen LogP contribution in [0.1, 0.15) is 58.2 Å². The van der Waals surface area contributed by atoms with Crippen molar-refractivity contribution >= 4 is 0 Å². The zero-order valence-electron chi connectivity index (χ0n) is 15.7. The van der Waals surface area contributed by atoms with Crippen molar-refractivity contribution in [2.75, 3.05) is 0 Å². The van der Waals surface area contributed by atoms with Crippen LogP contribution in [0.4, 0.5) is 0 Å². The summed E-state index contributed by atoms with van der Waals surface area (Å²) in [5.41, 5.74) is 8.49. The minimum Gasteiger partial charge on any atom is -1.00 e. The third-order valence-electron chi connectivity index (χ3n) is 4.47. The fraction of sp³-hybridized carbons (Fsp3) is 0.556. The van der Waals surface area contributed by atoms with Crippen molar-refractivity contribution in [2.45, 2.75) is 55.4 Å². The van der Waals surface area contributed by atoms with Crippen molar-refractivity contribution in [3.8, 4) is 0 Å². The summed E-state index contributed by atoms with van der Waals surface area (Å²) in [4.78, 5) is 0. The Morgan fingerprint density at radius 2 is 0.947 bits per heavy atom. The average molecular weight is 292 g/mol. The van der Waals surface area contributed by atoms with Crippen molar-refractivity contribution in [1.29, 1.82) is 0 Å². The molecule has 0 N–H and O–H groups in total. The summed E-state index contributed by atoms with van der Waals surface area (Å²) in [6.45, 7) is 17.3. The average Bonchev–Trinajstić information content (AvgIpc) is 2.66. The molecule has 0 fully saturated rings. The Morgan fingerprint density at radius 3 is 1.00 bits per heavy atom. The zero-order chi connectivity index (χ0) is 14.0. The standard InChI is InChI=1S/2C9H13.Ti.2H/c2*1-6-5-7(2)9(4)8(6)3;;;/h2*6H,1-4H3;;;/q2*-1;+2;2*-1. The van der Waals surface area contributed by atoms with Gasteiger partial charge < -0.3 is 2.85 Å². The van der Waals surface area contributed by atoms with E-state index in [0.717, 1.165) is 0 Å². The first-order chi connectivity index (χ1) is 8.25. The molecule has 0 amide bonds. The Bertz CT molecular complexity index is 424. The van der Waals surface area contributed by atoms with Crippen molar-refractivity contribution in [3.63, 3.8) is 0 Å². The van der Waals surface area contributed by atoms with Gasteiger partial charge in [-0.1, -0.05) is 53.4 Å². The van der Waals surface area contributed by atoms with Crippen LogP contribution in [0.25, 0.3) is 0 Å². The molecule has 0 heterocycles. The predicted molar refractivity (Wildman–Crippen MR) is 82.2 cm³/mol. The normalized spacial score (nSPS) is 25.7. The molecular weight excluding hydrogens is 264 g/mol. The van der Waals surface area contributed by atoms with Gasteiger partial charge in [0.05, 0.1) is 0 Å². The summed E-state index contributed by atoms with van der Waals surface area (Å²) < 4.78 is 0. The van der Waals surface area contributed by atoms with Crippen molar-refractivity contribution in [2.24, 2.45) is 11.8 Å². The number of hydrogen-bond donors (Lipinski definition) is 0. The molecule has 106 valence electrons. The minimum atomic E-state index is 0. The molecule has 2 atom stereocenters. The molecule has 0 aromatic heterocycles. The molecule has 0 radical (unpaired) electrons. The van der Waals surface area contributed by atoms with E-state index >= 15 is 0 Å². The number of hydrogen-bond acceptors (Lipinski definition) is 0. The molecule has 2 rings (SSSR count). The molecule has 2 unspecified atom stereocenters. The van der Waals surface area contributed by atoms with Crippen LogP contribution in [-0.2, 0) is 21.7 Å². The molecular formula is C18H28Ti-2. The van der Waals surface area contributed by atoms with Crippen molar-refractivity contribution < 1.29 is 24.6 Å². The maximum absolute atomic E-state index is 3.36. The minimum absolute atomic E-state index is 0. The van der Waals surface area contributed by atoms with Gasteiger partial charge in [0.2, 0.25) is 0 Å². The van der Waals surface area contributed by atoms with E-state index in [1.165, 1.54) is 33.4 Å². The molecule has 0 nitrogen and oxygen atoms in total. The summed E-state index contributed by atoms with van der Waals surface area (Å²) in [7, 11) is 0. The van der Waals surface area contributed by atoms with Crippen LogP contribution in [0.15, 0.2) is 33.4 Å². The maximum atomic E-state index is 3.36. The monoisotopic (exact) mass is 292 g/mol. The van der Waals surface area contributed by atoms with E-state index in [2.05, 4.69) is 67.5 Å². The van der Waals surface area contributed by atoms with Crippen LogP contribution in [0.3, 0.4) is 0 Å². The van der Waals surface area contributed by atoms with E-state index in [9.17, 15) is 0 Å². The Labute approximate surface area is 137 Å². The summed E-state index contributed by atoms with van der Waals surface area (Å²) >= 11 is 0. The molecule has 0 bridgehead atoms. The molecule has 0 aromatic carbocycles. The first kappa shape index (κ1) is 18.7. The van der Waals surface area contributed by atoms with Gasteiger partial charge in [-0.2, -0.15) is 22.3 Å². The molecule has 2 aliphatic carbocycles. The zero-order valence-corrected chi connectivity index (χ0v) is 15.2. The fourth-order valence-electron chi connectivity index (χ4n) is 2.32. The van der Waals surface area contributed by atoms with E-state index in [-0.39, 0.29) is 24.6 Å². The number of rotatable bonds is 0. The van der Waals surface area contributed by atoms with Gasteiger partial charge in [-0.15, -0.1) is 13.8 Å². The third kappa shape index (κ3) is 4.33. The van der Waals surface area contributed by atoms with E-state index in [1.807, 2.05) is 0 Å². The predicted octanol–water partition coefficient (Wildman–Crippen LogP) is 5.67. The second kappa shape index (κ2) is 7.45. The van der Waals surface area contributed by atoms with Gasteiger partial charge in [0, 0.05) is 0 Å². The molecule has 0 saturated carbocycles. The summed E-state index contributed by atoms with van der Waals surface area (Å²) in [5, 5.41) is 0. The summed E-state index contributed by atoms with van der Waals surface area (Å²) in [6, 6.07) is 0. The van der Waals surface area contributed by atoms with Gasteiger partial charge in [-0.05, 0) is 0 Å². The van der Waals surface area contributed by atoms with Gasteiger partial charge in [-0.3, -0.25) is 12.2 Å². The second-order valence-corrected chi connectivity index (χ2v) is 5.60. The maximum Gasteiger partial charge on any atom is 2.00 e. The van der Waals surface area contributed by atoms with Gasteiger partial charge in [-0.25, -0.2) is 11.1 Å². The van der Waals surface area contributed by atoms with E-state index in [0.29, 0.717) is 11.8 Å². The molecule has 19 heavy (non-hydrogen) atoms. The Kier molecular flexibility index (Phi) is 7.33. The van der Waals surface area contributed by atoms with Gasteiger partial charge in [0.15, 0.2) is 0 Å². The fourth-order valence-corrected chi connectivity index (χ4v) is 2.32. The first-order valence-electron chi connectivity index (χ1n) is 6.81. The van der Waals surface area contributed by atoms with E-state index in [4.69, 9.17) is 0 Å². The first-order valence-corrected chi connectivity index (χ1v) is 6.81. The Morgan fingerprint density at radius 1 is 0.684 bits per heavy atom. The van der Waals surface area contributed by atoms with E-state index in [1.54, 1.807) is 0 Å². The molecule has 1 heteroatoms.